The summed E-state index contributed by atoms with van der Waals surface area (Å²) in [7, 11) is -0.451. The lowest BCUT2D eigenvalue weighted by Crippen LogP contribution is -2.41. The Hall–Kier alpha value is -1.33. The van der Waals surface area contributed by atoms with Gasteiger partial charge in [0, 0.05) is 0 Å². The summed E-state index contributed by atoms with van der Waals surface area (Å²) in [5.41, 5.74) is 5.66. The maximum Gasteiger partial charge on any atom is 0.487 e. The maximum atomic E-state index is 13.3. The number of nitrogens with two attached hydrogens (primary N) is 1. The zero-order valence-corrected chi connectivity index (χ0v) is 11.7. The molecular formula is C14H19BFNO2. The van der Waals surface area contributed by atoms with Crippen molar-refractivity contribution in [3.8, 4) is 0 Å². The highest BCUT2D eigenvalue weighted by atomic mass is 19.1. The second-order valence-electron chi connectivity index (χ2n) is 5.73. The summed E-state index contributed by atoms with van der Waals surface area (Å²) in [5, 5.41) is 0. The molecule has 2 rings (SSSR count). The maximum absolute atomic E-state index is 13.3. The number of rotatable bonds is 2. The molecule has 0 unspecified atom stereocenters. The van der Waals surface area contributed by atoms with Crippen LogP contribution >= 0.6 is 0 Å². The number of para-hydroxylation sites is 1. The van der Waals surface area contributed by atoms with Gasteiger partial charge in [-0.05, 0) is 39.3 Å². The molecule has 0 spiro atoms. The molecule has 0 saturated carbocycles. The van der Waals surface area contributed by atoms with E-state index in [2.05, 4.69) is 0 Å². The minimum absolute atomic E-state index is 0.135. The second-order valence-corrected chi connectivity index (χ2v) is 5.73. The molecule has 1 aromatic carbocycles. The zero-order valence-electron chi connectivity index (χ0n) is 11.7. The van der Waals surface area contributed by atoms with E-state index in [-0.39, 0.29) is 16.9 Å². The first-order valence-corrected chi connectivity index (χ1v) is 6.31. The van der Waals surface area contributed by atoms with E-state index < -0.39 is 12.9 Å². The van der Waals surface area contributed by atoms with E-state index in [1.165, 1.54) is 6.07 Å². The molecule has 0 amide bonds. The predicted octanol–water partition coefficient (Wildman–Crippen LogP) is 3.05. The summed E-state index contributed by atoms with van der Waals surface area (Å²) >= 11 is 0. The normalized spacial score (nSPS) is 21.2. The molecule has 0 bridgehead atoms. The third-order valence-electron chi connectivity index (χ3n) is 3.79. The lowest BCUT2D eigenvalue weighted by atomic mass is 9.89. The van der Waals surface area contributed by atoms with Crippen molar-refractivity contribution in [3.05, 3.63) is 35.6 Å². The van der Waals surface area contributed by atoms with Gasteiger partial charge in [0.15, 0.2) is 0 Å². The Balaban J connectivity index is 2.15. The van der Waals surface area contributed by atoms with Gasteiger partial charge >= 0.3 is 7.12 Å². The number of benzene rings is 1. The topological polar surface area (TPSA) is 44.5 Å². The van der Waals surface area contributed by atoms with Gasteiger partial charge < -0.3 is 15.0 Å². The van der Waals surface area contributed by atoms with Crippen molar-refractivity contribution in [2.24, 2.45) is 0 Å². The van der Waals surface area contributed by atoms with Gasteiger partial charge in [-0.1, -0.05) is 24.2 Å². The fourth-order valence-electron chi connectivity index (χ4n) is 1.85. The lowest BCUT2D eigenvalue weighted by molar-refractivity contribution is 0.00578. The Morgan fingerprint density at radius 2 is 1.74 bits per heavy atom. The Labute approximate surface area is 113 Å². The molecule has 0 atom stereocenters. The minimum atomic E-state index is -0.451. The molecule has 0 aromatic heterocycles. The highest BCUT2D eigenvalue weighted by Crippen LogP contribution is 2.37. The van der Waals surface area contributed by atoms with Crippen LogP contribution in [0.3, 0.4) is 0 Å². The quantitative estimate of drug-likeness (QED) is 0.658. The number of anilines is 1. The van der Waals surface area contributed by atoms with Crippen LogP contribution in [0.15, 0.2) is 24.2 Å². The molecule has 3 nitrogen and oxygen atoms in total. The molecule has 0 radical (unpaired) electrons. The van der Waals surface area contributed by atoms with Crippen molar-refractivity contribution in [1.29, 1.82) is 0 Å². The van der Waals surface area contributed by atoms with Crippen LogP contribution in [0, 0.1) is 5.82 Å². The summed E-state index contributed by atoms with van der Waals surface area (Å²) in [5.74, 6) is 1.33. The van der Waals surface area contributed by atoms with E-state index in [9.17, 15) is 4.39 Å². The molecular weight excluding hydrogens is 244 g/mol. The van der Waals surface area contributed by atoms with Gasteiger partial charge in [0.1, 0.15) is 5.82 Å². The van der Waals surface area contributed by atoms with Crippen molar-refractivity contribution in [3.63, 3.8) is 0 Å². The smallest absolute Gasteiger partial charge is 0.400 e. The van der Waals surface area contributed by atoms with E-state index in [0.717, 1.165) is 0 Å². The summed E-state index contributed by atoms with van der Waals surface area (Å²) in [6, 6.07) is 4.71. The second kappa shape index (κ2) is 4.65. The van der Waals surface area contributed by atoms with Crippen molar-refractivity contribution in [2.45, 2.75) is 38.9 Å². The minimum Gasteiger partial charge on any atom is -0.400 e. The fourth-order valence-corrected chi connectivity index (χ4v) is 1.85. The standard InChI is InChI=1S/C14H19BFNO2/c1-13(2)14(3,4)19-15(18-13)9-8-10-6-5-7-11(16)12(10)17/h5-9H,17H2,1-4H3/b9-8+. The van der Waals surface area contributed by atoms with Crippen LogP contribution in [0.2, 0.25) is 0 Å². The average molecular weight is 263 g/mol. The van der Waals surface area contributed by atoms with E-state index in [0.29, 0.717) is 5.56 Å². The van der Waals surface area contributed by atoms with E-state index >= 15 is 0 Å². The van der Waals surface area contributed by atoms with Crippen molar-refractivity contribution in [2.75, 3.05) is 5.73 Å². The van der Waals surface area contributed by atoms with Crippen LogP contribution in [-0.2, 0) is 9.31 Å². The van der Waals surface area contributed by atoms with Gasteiger partial charge in [-0.25, -0.2) is 4.39 Å². The molecule has 0 aliphatic carbocycles. The number of hydrogen-bond acceptors (Lipinski definition) is 3. The van der Waals surface area contributed by atoms with Crippen molar-refractivity contribution < 1.29 is 13.7 Å². The first-order valence-electron chi connectivity index (χ1n) is 6.31. The van der Waals surface area contributed by atoms with Crippen LogP contribution in [0.25, 0.3) is 6.08 Å². The number of nitrogen functional groups attached to an aromatic ring is 1. The first kappa shape index (κ1) is 14.1. The van der Waals surface area contributed by atoms with E-state index in [4.69, 9.17) is 15.0 Å². The van der Waals surface area contributed by atoms with Gasteiger partial charge in [-0.2, -0.15) is 0 Å². The van der Waals surface area contributed by atoms with Gasteiger partial charge in [0.25, 0.3) is 0 Å². The van der Waals surface area contributed by atoms with Crippen LogP contribution < -0.4 is 5.73 Å². The van der Waals surface area contributed by atoms with E-state index in [1.54, 1.807) is 24.2 Å². The molecule has 102 valence electrons. The van der Waals surface area contributed by atoms with Crippen LogP contribution in [-0.4, -0.2) is 18.3 Å². The molecule has 19 heavy (non-hydrogen) atoms. The number of hydrogen-bond donors (Lipinski definition) is 1. The molecule has 1 fully saturated rings. The lowest BCUT2D eigenvalue weighted by Gasteiger charge is -2.32. The Bertz CT molecular complexity index is 498. The monoisotopic (exact) mass is 263 g/mol. The highest BCUT2D eigenvalue weighted by Gasteiger charge is 2.49. The zero-order chi connectivity index (χ0) is 14.3. The molecule has 1 heterocycles. The Morgan fingerprint density at radius 1 is 1.16 bits per heavy atom. The van der Waals surface area contributed by atoms with E-state index in [1.807, 2.05) is 27.7 Å². The summed E-state index contributed by atoms with van der Waals surface area (Å²) in [6.45, 7) is 7.93. The first-order chi connectivity index (χ1) is 8.73. The van der Waals surface area contributed by atoms with Gasteiger partial charge in [-0.3, -0.25) is 0 Å². The predicted molar refractivity (Wildman–Crippen MR) is 75.9 cm³/mol. The average Bonchev–Trinajstić information content (AvgIpc) is 2.50. The summed E-state index contributed by atoms with van der Waals surface area (Å²) in [4.78, 5) is 0. The molecule has 1 saturated heterocycles. The third-order valence-corrected chi connectivity index (χ3v) is 3.79. The Kier molecular flexibility index (Phi) is 3.45. The van der Waals surface area contributed by atoms with Gasteiger partial charge in [0.2, 0.25) is 0 Å². The molecule has 2 N–H and O–H groups in total. The molecule has 1 aliphatic rings. The van der Waals surface area contributed by atoms with Gasteiger partial charge in [-0.15, -0.1) is 0 Å². The van der Waals surface area contributed by atoms with Gasteiger partial charge in [0.05, 0.1) is 16.9 Å². The number of halogens is 1. The third kappa shape index (κ3) is 2.67. The molecule has 5 heteroatoms. The largest absolute Gasteiger partial charge is 0.487 e. The van der Waals surface area contributed by atoms with Crippen LogP contribution in [0.5, 0.6) is 0 Å². The van der Waals surface area contributed by atoms with Crippen LogP contribution in [0.4, 0.5) is 10.1 Å². The summed E-state index contributed by atoms with van der Waals surface area (Å²) < 4.78 is 24.9. The van der Waals surface area contributed by atoms with Crippen molar-refractivity contribution in [1.82, 2.24) is 0 Å². The van der Waals surface area contributed by atoms with Crippen LogP contribution in [0.1, 0.15) is 33.3 Å². The Morgan fingerprint density at radius 3 is 2.32 bits per heavy atom. The highest BCUT2D eigenvalue weighted by molar-refractivity contribution is 6.52. The SMILES string of the molecule is CC1(C)OB(/C=C/c2cccc(F)c2N)OC1(C)C. The molecule has 1 aliphatic heterocycles. The van der Waals surface area contributed by atoms with Crippen molar-refractivity contribution >= 4 is 18.9 Å². The summed E-state index contributed by atoms with van der Waals surface area (Å²) in [6.07, 6.45) is 1.72. The fraction of sp³-hybridized carbons (Fsp3) is 0.429. The molecule has 1 aromatic rings.